The molecular formula is C24H22N2O2S. The van der Waals surface area contributed by atoms with Crippen LogP contribution in [0, 0.1) is 25.7 Å². The molecule has 29 heavy (non-hydrogen) atoms. The fourth-order valence-electron chi connectivity index (χ4n) is 2.83. The van der Waals surface area contributed by atoms with Gasteiger partial charge >= 0.3 is 6.09 Å². The third-order valence-electron chi connectivity index (χ3n) is 4.47. The lowest BCUT2D eigenvalue weighted by Gasteiger charge is -2.16. The van der Waals surface area contributed by atoms with Crippen molar-refractivity contribution in [2.75, 3.05) is 5.32 Å². The van der Waals surface area contributed by atoms with Gasteiger partial charge in [0.05, 0.1) is 11.4 Å². The topological polar surface area (TPSA) is 51.2 Å². The molecule has 0 saturated carbocycles. The van der Waals surface area contributed by atoms with Gasteiger partial charge in [0, 0.05) is 5.56 Å². The maximum absolute atomic E-state index is 12.4. The predicted octanol–water partition coefficient (Wildman–Crippen LogP) is 6.11. The third kappa shape index (κ3) is 5.13. The summed E-state index contributed by atoms with van der Waals surface area (Å²) in [7, 11) is 0. The molecule has 0 spiro atoms. The van der Waals surface area contributed by atoms with Gasteiger partial charge in [0.2, 0.25) is 0 Å². The van der Waals surface area contributed by atoms with Crippen molar-refractivity contribution < 1.29 is 9.53 Å². The Morgan fingerprint density at radius 3 is 2.59 bits per heavy atom. The number of hydrogen-bond acceptors (Lipinski definition) is 4. The van der Waals surface area contributed by atoms with Gasteiger partial charge in [-0.15, -0.1) is 0 Å². The number of anilines is 1. The van der Waals surface area contributed by atoms with E-state index in [-0.39, 0.29) is 6.10 Å². The zero-order valence-electron chi connectivity index (χ0n) is 16.7. The van der Waals surface area contributed by atoms with Crippen molar-refractivity contribution in [3.05, 3.63) is 87.9 Å². The fraction of sp³-hybridized carbons (Fsp3) is 0.167. The van der Waals surface area contributed by atoms with E-state index in [0.29, 0.717) is 16.3 Å². The van der Waals surface area contributed by atoms with Gasteiger partial charge in [0.25, 0.3) is 0 Å². The molecule has 0 saturated heterocycles. The van der Waals surface area contributed by atoms with Crippen LogP contribution in [-0.4, -0.2) is 10.5 Å². The number of hydrogen-bond donors (Lipinski definition) is 1. The molecule has 0 aliphatic heterocycles. The molecule has 1 atom stereocenters. The van der Waals surface area contributed by atoms with E-state index in [9.17, 15) is 4.79 Å². The van der Waals surface area contributed by atoms with Crippen LogP contribution in [0.1, 0.15) is 45.9 Å². The van der Waals surface area contributed by atoms with Crippen LogP contribution in [0.15, 0.2) is 55.1 Å². The highest BCUT2D eigenvalue weighted by Crippen LogP contribution is 2.25. The largest absolute Gasteiger partial charge is 0.441 e. The molecule has 3 aromatic rings. The van der Waals surface area contributed by atoms with Crippen LogP contribution in [0.25, 0.3) is 6.08 Å². The Kier molecular flexibility index (Phi) is 6.48. The summed E-state index contributed by atoms with van der Waals surface area (Å²) >= 11 is 1.25. The number of carbonyl (C=O) groups is 1. The predicted molar refractivity (Wildman–Crippen MR) is 119 cm³/mol. The van der Waals surface area contributed by atoms with Gasteiger partial charge in [-0.2, -0.15) is 4.37 Å². The first-order valence-corrected chi connectivity index (χ1v) is 9.99. The zero-order chi connectivity index (χ0) is 20.8. The van der Waals surface area contributed by atoms with Gasteiger partial charge in [-0.25, -0.2) is 4.79 Å². The summed E-state index contributed by atoms with van der Waals surface area (Å²) in [5, 5.41) is 2.80. The van der Waals surface area contributed by atoms with Gasteiger partial charge in [-0.1, -0.05) is 55.0 Å². The van der Waals surface area contributed by atoms with Crippen molar-refractivity contribution in [2.24, 2.45) is 0 Å². The van der Waals surface area contributed by atoms with E-state index in [1.54, 1.807) is 6.08 Å². The molecule has 0 aliphatic carbocycles. The summed E-state index contributed by atoms with van der Waals surface area (Å²) in [5.74, 6) is 6.20. The molecule has 0 fully saturated rings. The van der Waals surface area contributed by atoms with E-state index < -0.39 is 6.09 Å². The molecule has 0 bridgehead atoms. The molecular weight excluding hydrogens is 380 g/mol. The Morgan fingerprint density at radius 2 is 1.90 bits per heavy atom. The van der Waals surface area contributed by atoms with E-state index in [0.717, 1.165) is 22.3 Å². The molecule has 1 aromatic heterocycles. The molecule has 2 aromatic carbocycles. The third-order valence-corrected chi connectivity index (χ3v) is 5.32. The molecule has 1 N–H and O–H groups in total. The molecule has 1 heterocycles. The number of carbonyl (C=O) groups excluding carboxylic acids is 1. The molecule has 0 radical (unpaired) electrons. The van der Waals surface area contributed by atoms with Crippen molar-refractivity contribution in [2.45, 2.75) is 26.9 Å². The highest BCUT2D eigenvalue weighted by Gasteiger charge is 2.17. The second-order valence-electron chi connectivity index (χ2n) is 6.58. The van der Waals surface area contributed by atoms with E-state index in [1.807, 2.05) is 69.3 Å². The van der Waals surface area contributed by atoms with Gasteiger partial charge < -0.3 is 4.74 Å². The number of amides is 1. The lowest BCUT2D eigenvalue weighted by molar-refractivity contribution is 0.121. The molecule has 5 heteroatoms. The number of benzene rings is 2. The zero-order valence-corrected chi connectivity index (χ0v) is 17.5. The van der Waals surface area contributed by atoms with Crippen LogP contribution >= 0.6 is 11.5 Å². The normalized spacial score (nSPS) is 11.1. The Hall–Kier alpha value is -3.36. The first-order chi connectivity index (χ1) is 14.0. The smallest absolute Gasteiger partial charge is 0.412 e. The molecule has 4 nitrogen and oxygen atoms in total. The molecule has 1 unspecified atom stereocenters. The summed E-state index contributed by atoms with van der Waals surface area (Å²) in [6.07, 6.45) is 0.901. The van der Waals surface area contributed by atoms with E-state index in [1.165, 1.54) is 11.5 Å². The first kappa shape index (κ1) is 20.4. The van der Waals surface area contributed by atoms with Crippen LogP contribution < -0.4 is 5.32 Å². The quantitative estimate of drug-likeness (QED) is 0.536. The maximum atomic E-state index is 12.4. The monoisotopic (exact) mass is 402 g/mol. The number of nitrogens with one attached hydrogen (secondary N) is 1. The standard InChI is InChI=1S/C24H22N2O2S/c1-5-19-10-12-20(13-11-19)14-15-22-23(17(3)26-29-22)25-24(27)28-18(4)21-9-7-6-8-16(21)2/h5-13,18H,1H2,2-4H3,(H,25,27). The Labute approximate surface area is 175 Å². The van der Waals surface area contributed by atoms with Crippen LogP contribution in [-0.2, 0) is 4.74 Å². The summed E-state index contributed by atoms with van der Waals surface area (Å²) in [5.41, 5.74) is 5.27. The van der Waals surface area contributed by atoms with E-state index >= 15 is 0 Å². The first-order valence-electron chi connectivity index (χ1n) is 9.22. The second kappa shape index (κ2) is 9.22. The average Bonchev–Trinajstić information content (AvgIpc) is 3.06. The van der Waals surface area contributed by atoms with Crippen molar-refractivity contribution in [1.29, 1.82) is 0 Å². The Balaban J connectivity index is 1.72. The minimum absolute atomic E-state index is 0.360. The van der Waals surface area contributed by atoms with Crippen molar-refractivity contribution in [3.63, 3.8) is 0 Å². The van der Waals surface area contributed by atoms with E-state index in [2.05, 4.69) is 28.1 Å². The SMILES string of the molecule is C=Cc1ccc(C#Cc2snc(C)c2NC(=O)OC(C)c2ccccc2C)cc1. The highest BCUT2D eigenvalue weighted by atomic mass is 32.1. The van der Waals surface area contributed by atoms with Gasteiger partial charge in [0.15, 0.2) is 0 Å². The van der Waals surface area contributed by atoms with Gasteiger partial charge in [-0.3, -0.25) is 5.32 Å². The van der Waals surface area contributed by atoms with Crippen LogP contribution in [0.3, 0.4) is 0 Å². The van der Waals surface area contributed by atoms with Gasteiger partial charge in [-0.05, 0) is 67.0 Å². The van der Waals surface area contributed by atoms with Gasteiger partial charge in [0.1, 0.15) is 11.0 Å². The van der Waals surface area contributed by atoms with Crippen LogP contribution in [0.5, 0.6) is 0 Å². The summed E-state index contributed by atoms with van der Waals surface area (Å²) < 4.78 is 9.87. The van der Waals surface area contributed by atoms with E-state index in [4.69, 9.17) is 4.74 Å². The summed E-state index contributed by atoms with van der Waals surface area (Å²) in [6, 6.07) is 15.6. The van der Waals surface area contributed by atoms with Crippen molar-refractivity contribution >= 4 is 29.4 Å². The number of aryl methyl sites for hydroxylation is 2. The minimum atomic E-state index is -0.526. The highest BCUT2D eigenvalue weighted by molar-refractivity contribution is 7.07. The van der Waals surface area contributed by atoms with Crippen LogP contribution in [0.4, 0.5) is 10.5 Å². The second-order valence-corrected chi connectivity index (χ2v) is 7.35. The lowest BCUT2D eigenvalue weighted by atomic mass is 10.1. The number of nitrogens with zero attached hydrogens (tertiary/aromatic N) is 1. The maximum Gasteiger partial charge on any atom is 0.412 e. The summed E-state index contributed by atoms with van der Waals surface area (Å²) in [4.78, 5) is 13.1. The molecule has 0 aliphatic rings. The lowest BCUT2D eigenvalue weighted by Crippen LogP contribution is -2.17. The Bertz CT molecular complexity index is 1090. The Morgan fingerprint density at radius 1 is 1.17 bits per heavy atom. The molecule has 3 rings (SSSR count). The number of rotatable bonds is 4. The number of aromatic nitrogens is 1. The summed E-state index contributed by atoms with van der Waals surface area (Å²) in [6.45, 7) is 9.43. The van der Waals surface area contributed by atoms with Crippen LogP contribution in [0.2, 0.25) is 0 Å². The minimum Gasteiger partial charge on any atom is -0.441 e. The molecule has 146 valence electrons. The molecule has 1 amide bonds. The number of ether oxygens (including phenoxy) is 1. The fourth-order valence-corrected chi connectivity index (χ4v) is 3.54. The van der Waals surface area contributed by atoms with Crippen molar-refractivity contribution in [3.8, 4) is 11.8 Å². The average molecular weight is 403 g/mol. The van der Waals surface area contributed by atoms with Crippen molar-refractivity contribution in [1.82, 2.24) is 4.37 Å².